The van der Waals surface area contributed by atoms with Crippen molar-refractivity contribution in [1.82, 2.24) is 14.7 Å². The van der Waals surface area contributed by atoms with E-state index in [0.29, 0.717) is 12.4 Å². The summed E-state index contributed by atoms with van der Waals surface area (Å²) in [5.74, 6) is -0.413. The number of hydrogen-bond donors (Lipinski definition) is 1. The monoisotopic (exact) mass is 584 g/mol. The second kappa shape index (κ2) is 13.1. The molecule has 1 N–H and O–H groups in total. The van der Waals surface area contributed by atoms with Crippen LogP contribution in [0.15, 0.2) is 115 Å². The lowest BCUT2D eigenvalue weighted by molar-refractivity contribution is -0.135. The Morgan fingerprint density at radius 3 is 1.91 bits per heavy atom. The third-order valence-electron chi connectivity index (χ3n) is 7.70. The molecule has 224 valence electrons. The lowest BCUT2D eigenvalue weighted by Crippen LogP contribution is -2.40. The van der Waals surface area contributed by atoms with Gasteiger partial charge in [0, 0.05) is 18.0 Å². The first-order chi connectivity index (χ1) is 21.1. The smallest absolute Gasteiger partial charge is 0.245 e. The number of rotatable bonds is 9. The minimum absolute atomic E-state index is 0.118. The number of nitrogens with one attached hydrogen (secondary N) is 1. The van der Waals surface area contributed by atoms with Crippen molar-refractivity contribution in [3.05, 3.63) is 149 Å². The highest BCUT2D eigenvalue weighted by Crippen LogP contribution is 2.30. The summed E-state index contributed by atoms with van der Waals surface area (Å²) in [6.07, 6.45) is 0. The van der Waals surface area contributed by atoms with Crippen molar-refractivity contribution in [2.24, 2.45) is 0 Å². The summed E-state index contributed by atoms with van der Waals surface area (Å²) in [7, 11) is 0. The molecule has 1 heterocycles. The van der Waals surface area contributed by atoms with Gasteiger partial charge in [0.2, 0.25) is 11.8 Å². The van der Waals surface area contributed by atoms with E-state index in [9.17, 15) is 9.59 Å². The molecule has 0 spiro atoms. The number of carbonyl (C=O) groups is 2. The van der Waals surface area contributed by atoms with Crippen molar-refractivity contribution in [2.75, 3.05) is 11.9 Å². The molecule has 6 nitrogen and oxygen atoms in total. The van der Waals surface area contributed by atoms with E-state index in [4.69, 9.17) is 5.10 Å². The molecule has 0 saturated carbocycles. The topological polar surface area (TPSA) is 67.2 Å². The summed E-state index contributed by atoms with van der Waals surface area (Å²) < 4.78 is 1.80. The number of aromatic nitrogens is 2. The minimum atomic E-state index is -0.554. The van der Waals surface area contributed by atoms with E-state index in [-0.39, 0.29) is 23.8 Å². The Labute approximate surface area is 260 Å². The van der Waals surface area contributed by atoms with E-state index in [1.54, 1.807) is 9.58 Å². The number of anilines is 1. The van der Waals surface area contributed by atoms with E-state index in [1.165, 1.54) is 0 Å². The predicted molar refractivity (Wildman–Crippen MR) is 177 cm³/mol. The molecule has 0 saturated heterocycles. The van der Waals surface area contributed by atoms with Crippen molar-refractivity contribution < 1.29 is 9.59 Å². The van der Waals surface area contributed by atoms with Gasteiger partial charge in [0.25, 0.3) is 0 Å². The van der Waals surface area contributed by atoms with Crippen molar-refractivity contribution in [3.63, 3.8) is 0 Å². The molecule has 6 heteroatoms. The molecule has 44 heavy (non-hydrogen) atoms. The summed E-state index contributed by atoms with van der Waals surface area (Å²) in [5, 5.41) is 8.01. The van der Waals surface area contributed by atoms with E-state index >= 15 is 0 Å². The molecule has 0 fully saturated rings. The summed E-state index contributed by atoms with van der Waals surface area (Å²) >= 11 is 0. The van der Waals surface area contributed by atoms with E-state index in [0.717, 1.165) is 39.2 Å². The fourth-order valence-corrected chi connectivity index (χ4v) is 5.39. The van der Waals surface area contributed by atoms with Gasteiger partial charge in [-0.25, -0.2) is 4.68 Å². The van der Waals surface area contributed by atoms with Gasteiger partial charge in [-0.05, 0) is 42.2 Å². The zero-order chi connectivity index (χ0) is 31.3. The van der Waals surface area contributed by atoms with Gasteiger partial charge >= 0.3 is 0 Å². The van der Waals surface area contributed by atoms with Gasteiger partial charge in [0.05, 0.1) is 17.3 Å². The van der Waals surface area contributed by atoms with Gasteiger partial charge in [0.15, 0.2) is 0 Å². The molecule has 0 aliphatic heterocycles. The summed E-state index contributed by atoms with van der Waals surface area (Å²) in [6, 6.07) is 37.4. The van der Waals surface area contributed by atoms with Crippen LogP contribution < -0.4 is 5.32 Å². The number of hydrogen-bond acceptors (Lipinski definition) is 3. The Bertz CT molecular complexity index is 1680. The molecule has 0 unspecified atom stereocenters. The number of benzene rings is 4. The standard InChI is InChI=1S/C38H40N4O2/c1-27-21-22-32(28(2)23-27)42-34(24-33(40-42)38(3,4)5)39-35(43)26-41(25-29-15-9-6-10-16-29)37(44)36(30-17-11-7-12-18-30)31-19-13-8-14-20-31/h6-24,36H,25-26H2,1-5H3,(H,39,43). The van der Waals surface area contributed by atoms with Gasteiger partial charge in [0.1, 0.15) is 12.4 Å². The van der Waals surface area contributed by atoms with Crippen molar-refractivity contribution in [1.29, 1.82) is 0 Å². The normalized spacial score (nSPS) is 11.4. The van der Waals surface area contributed by atoms with Gasteiger partial charge in [-0.2, -0.15) is 5.10 Å². The molecule has 0 aliphatic carbocycles. The second-order valence-electron chi connectivity index (χ2n) is 12.3. The minimum Gasteiger partial charge on any atom is -0.328 e. The van der Waals surface area contributed by atoms with Gasteiger partial charge in [-0.15, -0.1) is 0 Å². The van der Waals surface area contributed by atoms with Crippen LogP contribution in [0.3, 0.4) is 0 Å². The Kier molecular flexibility index (Phi) is 9.09. The lowest BCUT2D eigenvalue weighted by Gasteiger charge is -2.28. The second-order valence-corrected chi connectivity index (χ2v) is 12.3. The average Bonchev–Trinajstić information content (AvgIpc) is 3.42. The highest BCUT2D eigenvalue weighted by Gasteiger charge is 2.30. The lowest BCUT2D eigenvalue weighted by atomic mass is 9.90. The first-order valence-corrected chi connectivity index (χ1v) is 15.0. The number of aryl methyl sites for hydroxylation is 2. The van der Waals surface area contributed by atoms with Crippen molar-refractivity contribution >= 4 is 17.6 Å². The average molecular weight is 585 g/mol. The molecule has 0 bridgehead atoms. The first kappa shape index (κ1) is 30.5. The van der Waals surface area contributed by atoms with Gasteiger partial charge in [-0.1, -0.05) is 129 Å². The fraction of sp³-hybridized carbons (Fsp3) is 0.237. The predicted octanol–water partition coefficient (Wildman–Crippen LogP) is 7.59. The molecule has 0 radical (unpaired) electrons. The molecule has 4 aromatic carbocycles. The Morgan fingerprint density at radius 2 is 1.36 bits per heavy atom. The quantitative estimate of drug-likeness (QED) is 0.194. The van der Waals surface area contributed by atoms with Gasteiger partial charge < -0.3 is 10.2 Å². The maximum absolute atomic E-state index is 14.5. The van der Waals surface area contributed by atoms with Crippen LogP contribution >= 0.6 is 0 Å². The summed E-state index contributed by atoms with van der Waals surface area (Å²) in [6.45, 7) is 10.6. The molecular formula is C38H40N4O2. The maximum atomic E-state index is 14.5. The summed E-state index contributed by atoms with van der Waals surface area (Å²) in [5.41, 5.74) is 6.45. The van der Waals surface area contributed by atoms with Crippen LogP contribution in [-0.2, 0) is 21.5 Å². The zero-order valence-corrected chi connectivity index (χ0v) is 26.1. The molecule has 5 aromatic rings. The number of amides is 2. The molecule has 2 amide bonds. The van der Waals surface area contributed by atoms with Crippen LogP contribution in [0, 0.1) is 13.8 Å². The van der Waals surface area contributed by atoms with Crippen molar-refractivity contribution in [3.8, 4) is 5.69 Å². The van der Waals surface area contributed by atoms with Crippen LogP contribution in [0.1, 0.15) is 60.2 Å². The molecule has 0 aliphatic rings. The largest absolute Gasteiger partial charge is 0.328 e. The molecule has 1 aromatic heterocycles. The third kappa shape index (κ3) is 7.14. The molecular weight excluding hydrogens is 544 g/mol. The number of carbonyl (C=O) groups excluding carboxylic acids is 2. The van der Waals surface area contributed by atoms with Crippen LogP contribution in [0.25, 0.3) is 5.69 Å². The summed E-state index contributed by atoms with van der Waals surface area (Å²) in [4.78, 5) is 30.0. The van der Waals surface area contributed by atoms with Crippen LogP contribution in [0.4, 0.5) is 5.82 Å². The highest BCUT2D eigenvalue weighted by atomic mass is 16.2. The van der Waals surface area contributed by atoms with E-state index in [2.05, 4.69) is 39.1 Å². The molecule has 0 atom stereocenters. The Hall–Kier alpha value is -4.97. The highest BCUT2D eigenvalue weighted by molar-refractivity contribution is 5.96. The number of nitrogens with zero attached hydrogens (tertiary/aromatic N) is 3. The van der Waals surface area contributed by atoms with Gasteiger partial charge in [-0.3, -0.25) is 9.59 Å². The van der Waals surface area contributed by atoms with E-state index < -0.39 is 5.92 Å². The first-order valence-electron chi connectivity index (χ1n) is 15.0. The van der Waals surface area contributed by atoms with E-state index in [1.807, 2.05) is 116 Å². The van der Waals surface area contributed by atoms with Crippen LogP contribution in [0.5, 0.6) is 0 Å². The maximum Gasteiger partial charge on any atom is 0.245 e. The zero-order valence-electron chi connectivity index (χ0n) is 26.1. The van der Waals surface area contributed by atoms with Crippen LogP contribution in [0.2, 0.25) is 0 Å². The van der Waals surface area contributed by atoms with Crippen molar-refractivity contribution in [2.45, 2.75) is 52.5 Å². The SMILES string of the molecule is Cc1ccc(-n2nc(C(C)(C)C)cc2NC(=O)CN(Cc2ccccc2)C(=O)C(c2ccccc2)c2ccccc2)c(C)c1. The Balaban J connectivity index is 1.49. The Morgan fingerprint density at radius 1 is 0.795 bits per heavy atom. The third-order valence-corrected chi connectivity index (χ3v) is 7.70. The fourth-order valence-electron chi connectivity index (χ4n) is 5.39. The molecule has 5 rings (SSSR count). The van der Waals surface area contributed by atoms with Crippen LogP contribution in [-0.4, -0.2) is 33.0 Å².